The van der Waals surface area contributed by atoms with Gasteiger partial charge in [-0.25, -0.2) is 0 Å². The Morgan fingerprint density at radius 3 is 3.05 bits per heavy atom. The van der Waals surface area contributed by atoms with E-state index in [4.69, 9.17) is 9.47 Å². The molecule has 2 fully saturated rings. The summed E-state index contributed by atoms with van der Waals surface area (Å²) in [5.74, 6) is -0.0862. The van der Waals surface area contributed by atoms with Crippen LogP contribution >= 0.6 is 0 Å². The van der Waals surface area contributed by atoms with Gasteiger partial charge >= 0.3 is 0 Å². The summed E-state index contributed by atoms with van der Waals surface area (Å²) < 4.78 is 11.4. The molecule has 1 aliphatic carbocycles. The van der Waals surface area contributed by atoms with Crippen molar-refractivity contribution in [2.24, 2.45) is 5.41 Å². The van der Waals surface area contributed by atoms with E-state index in [2.05, 4.69) is 10.3 Å². The molecule has 120 valence electrons. The minimum atomic E-state index is -0.566. The van der Waals surface area contributed by atoms with Gasteiger partial charge in [-0.3, -0.25) is 9.78 Å². The topological polar surface area (TPSA) is 80.7 Å². The van der Waals surface area contributed by atoms with E-state index in [-0.39, 0.29) is 24.7 Å². The lowest BCUT2D eigenvalue weighted by Crippen LogP contribution is -2.52. The van der Waals surface area contributed by atoms with Gasteiger partial charge in [-0.15, -0.1) is 0 Å². The summed E-state index contributed by atoms with van der Waals surface area (Å²) in [6, 6.07) is 5.53. The largest absolute Gasteiger partial charge is 0.395 e. The highest BCUT2D eigenvalue weighted by molar-refractivity contribution is 5.85. The van der Waals surface area contributed by atoms with Crippen LogP contribution in [0.25, 0.3) is 0 Å². The molecule has 0 spiro atoms. The fraction of sp³-hybridized carbons (Fsp3) is 0.625. The molecule has 1 amide bonds. The molecule has 1 aliphatic heterocycles. The second kappa shape index (κ2) is 6.73. The Labute approximate surface area is 129 Å². The van der Waals surface area contributed by atoms with Gasteiger partial charge in [0.1, 0.15) is 0 Å². The number of aliphatic hydroxyl groups excluding tert-OH is 1. The number of nitrogens with one attached hydrogen (secondary N) is 1. The molecule has 3 rings (SSSR count). The summed E-state index contributed by atoms with van der Waals surface area (Å²) in [7, 11) is 0. The minimum Gasteiger partial charge on any atom is -0.395 e. The second-order valence-electron chi connectivity index (χ2n) is 6.05. The van der Waals surface area contributed by atoms with Gasteiger partial charge in [-0.2, -0.15) is 0 Å². The molecule has 0 unspecified atom stereocenters. The third kappa shape index (κ3) is 3.45. The fourth-order valence-corrected chi connectivity index (χ4v) is 2.66. The first-order valence-electron chi connectivity index (χ1n) is 7.75. The summed E-state index contributed by atoms with van der Waals surface area (Å²) in [5, 5.41) is 12.3. The summed E-state index contributed by atoms with van der Waals surface area (Å²) in [6.07, 6.45) is 3.89. The van der Waals surface area contributed by atoms with E-state index in [9.17, 15) is 9.90 Å². The van der Waals surface area contributed by atoms with Gasteiger partial charge in [0.2, 0.25) is 5.91 Å². The van der Waals surface area contributed by atoms with Crippen LogP contribution in [0.2, 0.25) is 0 Å². The molecule has 0 bridgehead atoms. The molecule has 1 aromatic heterocycles. The molecule has 2 atom stereocenters. The SMILES string of the molecule is O=C(N[C@@H]1COCC[C@H]1OCc1ccccn1)C1(CO)CC1. The highest BCUT2D eigenvalue weighted by Gasteiger charge is 2.50. The number of hydrogen-bond acceptors (Lipinski definition) is 5. The summed E-state index contributed by atoms with van der Waals surface area (Å²) in [5.41, 5.74) is 0.302. The monoisotopic (exact) mass is 306 g/mol. The van der Waals surface area contributed by atoms with E-state index < -0.39 is 5.41 Å². The lowest BCUT2D eigenvalue weighted by molar-refractivity contribution is -0.133. The van der Waals surface area contributed by atoms with E-state index in [0.717, 1.165) is 25.0 Å². The Balaban J connectivity index is 1.55. The fourth-order valence-electron chi connectivity index (χ4n) is 2.66. The van der Waals surface area contributed by atoms with Crippen LogP contribution in [0.1, 0.15) is 25.0 Å². The molecule has 1 saturated carbocycles. The number of aromatic nitrogens is 1. The first-order chi connectivity index (χ1) is 10.7. The van der Waals surface area contributed by atoms with Crippen LogP contribution in [-0.2, 0) is 20.9 Å². The van der Waals surface area contributed by atoms with Crippen LogP contribution in [0.4, 0.5) is 0 Å². The predicted molar refractivity (Wildman–Crippen MR) is 78.9 cm³/mol. The number of nitrogens with zero attached hydrogens (tertiary/aromatic N) is 1. The van der Waals surface area contributed by atoms with E-state index in [0.29, 0.717) is 19.8 Å². The van der Waals surface area contributed by atoms with Gasteiger partial charge in [0.15, 0.2) is 0 Å². The van der Waals surface area contributed by atoms with Gasteiger partial charge in [-0.05, 0) is 31.4 Å². The standard InChI is InChI=1S/C16H22N2O4/c19-11-16(5-6-16)15(20)18-13-10-21-8-4-14(13)22-9-12-3-1-2-7-17-12/h1-3,7,13-14,19H,4-6,8-11H2,(H,18,20)/t13-,14-/m1/s1. The normalized spacial score (nSPS) is 26.4. The number of aliphatic hydroxyl groups is 1. The lowest BCUT2D eigenvalue weighted by Gasteiger charge is -2.33. The van der Waals surface area contributed by atoms with Gasteiger partial charge in [0, 0.05) is 12.8 Å². The van der Waals surface area contributed by atoms with Crippen molar-refractivity contribution in [1.82, 2.24) is 10.3 Å². The number of amides is 1. The van der Waals surface area contributed by atoms with Crippen molar-refractivity contribution < 1.29 is 19.4 Å². The average molecular weight is 306 g/mol. The zero-order chi connectivity index (χ0) is 15.4. The smallest absolute Gasteiger partial charge is 0.228 e. The van der Waals surface area contributed by atoms with E-state index in [1.54, 1.807) is 6.20 Å². The van der Waals surface area contributed by atoms with E-state index in [1.807, 2.05) is 18.2 Å². The quantitative estimate of drug-likeness (QED) is 0.806. The molecule has 6 heteroatoms. The van der Waals surface area contributed by atoms with Gasteiger partial charge in [-0.1, -0.05) is 6.07 Å². The molecular weight excluding hydrogens is 284 g/mol. The molecule has 1 saturated heterocycles. The number of carbonyl (C=O) groups excluding carboxylic acids is 1. The Bertz CT molecular complexity index is 504. The van der Waals surface area contributed by atoms with Gasteiger partial charge < -0.3 is 19.9 Å². The highest BCUT2D eigenvalue weighted by Crippen LogP contribution is 2.45. The molecule has 2 aliphatic rings. The molecule has 2 heterocycles. The summed E-state index contributed by atoms with van der Waals surface area (Å²) >= 11 is 0. The first-order valence-corrected chi connectivity index (χ1v) is 7.75. The van der Waals surface area contributed by atoms with E-state index in [1.165, 1.54) is 0 Å². The van der Waals surface area contributed by atoms with Crippen molar-refractivity contribution in [3.8, 4) is 0 Å². The maximum absolute atomic E-state index is 12.3. The van der Waals surface area contributed by atoms with Crippen LogP contribution < -0.4 is 5.32 Å². The van der Waals surface area contributed by atoms with Crippen LogP contribution in [0.15, 0.2) is 24.4 Å². The Kier molecular flexibility index (Phi) is 4.71. The second-order valence-corrected chi connectivity index (χ2v) is 6.05. The van der Waals surface area contributed by atoms with Crippen LogP contribution in [0.3, 0.4) is 0 Å². The third-order valence-electron chi connectivity index (χ3n) is 4.42. The number of rotatable bonds is 6. The van der Waals surface area contributed by atoms with Crippen LogP contribution in [-0.4, -0.2) is 48.0 Å². The third-order valence-corrected chi connectivity index (χ3v) is 4.42. The molecule has 6 nitrogen and oxygen atoms in total. The number of ether oxygens (including phenoxy) is 2. The van der Waals surface area contributed by atoms with Crippen molar-refractivity contribution >= 4 is 5.91 Å². The Hall–Kier alpha value is -1.50. The molecule has 0 aromatic carbocycles. The molecule has 2 N–H and O–H groups in total. The zero-order valence-electron chi connectivity index (χ0n) is 12.5. The first kappa shape index (κ1) is 15.4. The molecule has 22 heavy (non-hydrogen) atoms. The average Bonchev–Trinajstić information content (AvgIpc) is 3.36. The van der Waals surface area contributed by atoms with Crippen LogP contribution in [0.5, 0.6) is 0 Å². The Morgan fingerprint density at radius 2 is 2.36 bits per heavy atom. The molecule has 1 aromatic rings. The van der Waals surface area contributed by atoms with Crippen molar-refractivity contribution in [3.63, 3.8) is 0 Å². The number of hydrogen-bond donors (Lipinski definition) is 2. The summed E-state index contributed by atoms with van der Waals surface area (Å²) in [6.45, 7) is 1.40. The molecular formula is C16H22N2O4. The highest BCUT2D eigenvalue weighted by atomic mass is 16.5. The van der Waals surface area contributed by atoms with E-state index >= 15 is 0 Å². The predicted octanol–water partition coefficient (Wildman–Crippen LogP) is 0.644. The Morgan fingerprint density at radius 1 is 1.50 bits per heavy atom. The zero-order valence-corrected chi connectivity index (χ0v) is 12.5. The number of pyridine rings is 1. The maximum Gasteiger partial charge on any atom is 0.228 e. The van der Waals surface area contributed by atoms with Crippen molar-refractivity contribution in [2.45, 2.75) is 38.0 Å². The lowest BCUT2D eigenvalue weighted by atomic mass is 10.0. The van der Waals surface area contributed by atoms with Gasteiger partial charge in [0.25, 0.3) is 0 Å². The summed E-state index contributed by atoms with van der Waals surface area (Å²) in [4.78, 5) is 16.5. The van der Waals surface area contributed by atoms with Gasteiger partial charge in [0.05, 0.1) is 43.1 Å². The maximum atomic E-state index is 12.3. The van der Waals surface area contributed by atoms with Crippen LogP contribution in [0, 0.1) is 5.41 Å². The minimum absolute atomic E-state index is 0.0862. The molecule has 0 radical (unpaired) electrons. The van der Waals surface area contributed by atoms with Crippen molar-refractivity contribution in [1.29, 1.82) is 0 Å². The van der Waals surface area contributed by atoms with Crippen molar-refractivity contribution in [2.75, 3.05) is 19.8 Å². The van der Waals surface area contributed by atoms with Crippen molar-refractivity contribution in [3.05, 3.63) is 30.1 Å². The number of carbonyl (C=O) groups is 1.